The summed E-state index contributed by atoms with van der Waals surface area (Å²) in [5, 5.41) is 11.3. The first-order chi connectivity index (χ1) is 20.2. The number of benzene rings is 1. The Labute approximate surface area is 239 Å². The van der Waals surface area contributed by atoms with Gasteiger partial charge in [0, 0.05) is 43.1 Å². The zero-order chi connectivity index (χ0) is 27.3. The second kappa shape index (κ2) is 10.4. The van der Waals surface area contributed by atoms with E-state index < -0.39 is 0 Å². The van der Waals surface area contributed by atoms with Gasteiger partial charge in [0.15, 0.2) is 11.5 Å². The molecule has 3 aromatic heterocycles. The van der Waals surface area contributed by atoms with Gasteiger partial charge in [-0.15, -0.1) is 0 Å². The molecule has 4 aromatic rings. The monoisotopic (exact) mass is 555 g/mol. The van der Waals surface area contributed by atoms with Crippen molar-refractivity contribution in [2.45, 2.75) is 63.4 Å². The molecule has 2 bridgehead atoms. The summed E-state index contributed by atoms with van der Waals surface area (Å²) in [4.78, 5) is 10.4. The molecule has 0 saturated carbocycles. The number of hydrogen-bond acceptors (Lipinski definition) is 8. The molecule has 0 radical (unpaired) electrons. The summed E-state index contributed by atoms with van der Waals surface area (Å²) in [7, 11) is 0. The Kier molecular flexibility index (Phi) is 6.42. The molecule has 4 atom stereocenters. The van der Waals surface area contributed by atoms with Crippen molar-refractivity contribution in [2.24, 2.45) is 0 Å². The maximum absolute atomic E-state index is 6.03. The first kappa shape index (κ1) is 25.3. The van der Waals surface area contributed by atoms with E-state index in [1.54, 1.807) is 0 Å². The van der Waals surface area contributed by atoms with Crippen LogP contribution in [-0.4, -0.2) is 82.2 Å². The van der Waals surface area contributed by atoms with Crippen LogP contribution in [0, 0.1) is 0 Å². The van der Waals surface area contributed by atoms with Gasteiger partial charge in [-0.2, -0.15) is 14.9 Å². The van der Waals surface area contributed by atoms with Gasteiger partial charge in [-0.25, -0.2) is 9.67 Å². The molecule has 3 unspecified atom stereocenters. The van der Waals surface area contributed by atoms with Gasteiger partial charge in [-0.05, 0) is 39.0 Å². The fraction of sp³-hybridized carbons (Fsp3) is 0.516. The van der Waals surface area contributed by atoms with E-state index in [1.807, 2.05) is 27.7 Å². The van der Waals surface area contributed by atoms with Crippen LogP contribution in [0.1, 0.15) is 45.3 Å². The molecule has 0 amide bonds. The highest BCUT2D eigenvalue weighted by molar-refractivity contribution is 6.03. The SMILES string of the molecule is C[C@@H]1COCCN1c1cc(N2C3CCC2COC3)nc2c1c(-c1ccccc1)nn2-c1ccn(C2CCCCO2)n1. The quantitative estimate of drug-likeness (QED) is 0.354. The normalized spacial score (nSPS) is 26.7. The Bertz CT molecular complexity index is 1510. The number of aromatic nitrogens is 5. The Balaban J connectivity index is 1.35. The number of pyridine rings is 1. The lowest BCUT2D eigenvalue weighted by Crippen LogP contribution is -2.47. The van der Waals surface area contributed by atoms with E-state index in [4.69, 9.17) is 29.4 Å². The van der Waals surface area contributed by atoms with Crippen LogP contribution in [0.3, 0.4) is 0 Å². The minimum atomic E-state index is -0.0369. The van der Waals surface area contributed by atoms with E-state index in [0.29, 0.717) is 25.3 Å². The standard InChI is InChI=1S/C31H37N7O3/c1-21-18-39-16-14-35(21)25-17-27(37-23-10-11-24(37)20-40-19-23)32-31-29(25)30(22-7-3-2-4-8-22)34-38(31)26-12-13-36(33-26)28-9-5-6-15-41-28/h2-4,7-8,12-13,17,21,23-24,28H,5-6,9-11,14-16,18-20H2,1H3/t21-,23?,24?,28?/m1/s1. The molecule has 8 rings (SSSR count). The fourth-order valence-corrected chi connectivity index (χ4v) is 7.02. The van der Waals surface area contributed by atoms with E-state index in [9.17, 15) is 0 Å². The third kappa shape index (κ3) is 4.40. The van der Waals surface area contributed by atoms with Crippen molar-refractivity contribution >= 4 is 22.5 Å². The van der Waals surface area contributed by atoms with Gasteiger partial charge in [0.2, 0.25) is 0 Å². The zero-order valence-electron chi connectivity index (χ0n) is 23.6. The van der Waals surface area contributed by atoms with Gasteiger partial charge in [0.25, 0.3) is 0 Å². The number of nitrogens with zero attached hydrogens (tertiary/aromatic N) is 7. The van der Waals surface area contributed by atoms with Crippen molar-refractivity contribution in [3.8, 4) is 17.1 Å². The van der Waals surface area contributed by atoms with E-state index in [1.165, 1.54) is 0 Å². The number of hydrogen-bond donors (Lipinski definition) is 0. The topological polar surface area (TPSA) is 82.7 Å². The lowest BCUT2D eigenvalue weighted by Gasteiger charge is -2.38. The average Bonchev–Trinajstić information content (AvgIpc) is 3.72. The van der Waals surface area contributed by atoms with Gasteiger partial charge in [0.05, 0.1) is 49.6 Å². The molecular formula is C31H37N7O3. The maximum atomic E-state index is 6.03. The third-order valence-corrected chi connectivity index (χ3v) is 9.09. The molecule has 0 spiro atoms. The van der Waals surface area contributed by atoms with E-state index in [-0.39, 0.29) is 12.3 Å². The molecule has 4 fully saturated rings. The van der Waals surface area contributed by atoms with Crippen molar-refractivity contribution in [2.75, 3.05) is 49.4 Å². The van der Waals surface area contributed by atoms with Crippen LogP contribution in [0.5, 0.6) is 0 Å². The van der Waals surface area contributed by atoms with E-state index in [2.05, 4.69) is 47.1 Å². The van der Waals surface area contributed by atoms with Crippen molar-refractivity contribution in [3.63, 3.8) is 0 Å². The van der Waals surface area contributed by atoms with Gasteiger partial charge < -0.3 is 24.0 Å². The highest BCUT2D eigenvalue weighted by Gasteiger charge is 2.39. The van der Waals surface area contributed by atoms with Crippen LogP contribution in [-0.2, 0) is 14.2 Å². The first-order valence-electron chi connectivity index (χ1n) is 15.1. The average molecular weight is 556 g/mol. The number of ether oxygens (including phenoxy) is 3. The summed E-state index contributed by atoms with van der Waals surface area (Å²) in [6, 6.07) is 15.7. The van der Waals surface area contributed by atoms with Crippen LogP contribution < -0.4 is 9.80 Å². The van der Waals surface area contributed by atoms with Crippen LogP contribution in [0.4, 0.5) is 11.5 Å². The largest absolute Gasteiger partial charge is 0.377 e. The van der Waals surface area contributed by atoms with Gasteiger partial charge in [-0.3, -0.25) is 0 Å². The summed E-state index contributed by atoms with van der Waals surface area (Å²) in [6.07, 6.45) is 7.47. The zero-order valence-corrected chi connectivity index (χ0v) is 23.6. The minimum absolute atomic E-state index is 0.0369. The number of rotatable bonds is 5. The van der Waals surface area contributed by atoms with E-state index >= 15 is 0 Å². The molecule has 4 aliphatic rings. The second-order valence-electron chi connectivity index (χ2n) is 11.7. The molecule has 1 aromatic carbocycles. The predicted molar refractivity (Wildman–Crippen MR) is 157 cm³/mol. The minimum Gasteiger partial charge on any atom is -0.377 e. The molecule has 0 N–H and O–H groups in total. The summed E-state index contributed by atoms with van der Waals surface area (Å²) >= 11 is 0. The highest BCUT2D eigenvalue weighted by atomic mass is 16.5. The third-order valence-electron chi connectivity index (χ3n) is 9.09. The number of morpholine rings is 2. The molecule has 7 heterocycles. The molecule has 214 valence electrons. The van der Waals surface area contributed by atoms with Crippen LogP contribution in [0.15, 0.2) is 48.7 Å². The summed E-state index contributed by atoms with van der Waals surface area (Å²) in [5.74, 6) is 1.75. The molecule has 4 aliphatic heterocycles. The lowest BCUT2D eigenvalue weighted by atomic mass is 10.1. The van der Waals surface area contributed by atoms with E-state index in [0.717, 1.165) is 98.1 Å². The van der Waals surface area contributed by atoms with Crippen molar-refractivity contribution < 1.29 is 14.2 Å². The van der Waals surface area contributed by atoms with Crippen LogP contribution >= 0.6 is 0 Å². The molecule has 41 heavy (non-hydrogen) atoms. The Morgan fingerprint density at radius 1 is 0.854 bits per heavy atom. The van der Waals surface area contributed by atoms with Crippen LogP contribution in [0.2, 0.25) is 0 Å². The highest BCUT2D eigenvalue weighted by Crippen LogP contribution is 2.42. The van der Waals surface area contributed by atoms with Crippen molar-refractivity contribution in [1.29, 1.82) is 0 Å². The smallest absolute Gasteiger partial charge is 0.177 e. The van der Waals surface area contributed by atoms with Crippen LogP contribution in [0.25, 0.3) is 28.1 Å². The summed E-state index contributed by atoms with van der Waals surface area (Å²) in [6.45, 7) is 6.73. The Morgan fingerprint density at radius 2 is 1.71 bits per heavy atom. The summed E-state index contributed by atoms with van der Waals surface area (Å²) < 4.78 is 21.7. The van der Waals surface area contributed by atoms with Gasteiger partial charge in [-0.1, -0.05) is 30.3 Å². The molecular weight excluding hydrogens is 518 g/mol. The van der Waals surface area contributed by atoms with Gasteiger partial charge >= 0.3 is 0 Å². The predicted octanol–water partition coefficient (Wildman–Crippen LogP) is 4.58. The maximum Gasteiger partial charge on any atom is 0.177 e. The molecule has 4 saturated heterocycles. The molecule has 10 heteroatoms. The summed E-state index contributed by atoms with van der Waals surface area (Å²) in [5.41, 5.74) is 3.97. The first-order valence-corrected chi connectivity index (χ1v) is 15.1. The number of fused-ring (bicyclic) bond motifs is 3. The second-order valence-corrected chi connectivity index (χ2v) is 11.7. The molecule has 0 aliphatic carbocycles. The van der Waals surface area contributed by atoms with Crippen molar-refractivity contribution in [3.05, 3.63) is 48.7 Å². The van der Waals surface area contributed by atoms with Crippen molar-refractivity contribution in [1.82, 2.24) is 24.5 Å². The lowest BCUT2D eigenvalue weighted by molar-refractivity contribution is -0.0395. The molecule has 10 nitrogen and oxygen atoms in total. The van der Waals surface area contributed by atoms with Gasteiger partial charge in [0.1, 0.15) is 17.7 Å². The Morgan fingerprint density at radius 3 is 2.49 bits per heavy atom. The Hall–Kier alpha value is -3.47. The number of anilines is 2. The fourth-order valence-electron chi connectivity index (χ4n) is 7.02.